The summed E-state index contributed by atoms with van der Waals surface area (Å²) in [5, 5.41) is 11.7. The second-order valence-electron chi connectivity index (χ2n) is 2.81. The topological polar surface area (TPSA) is 49.3 Å². The van der Waals surface area contributed by atoms with Crippen molar-refractivity contribution in [2.75, 3.05) is 31.7 Å². The largest absolute Gasteiger partial charge is 0.396 e. The summed E-state index contributed by atoms with van der Waals surface area (Å²) in [5.41, 5.74) is 0. The molecule has 12 heavy (non-hydrogen) atoms. The van der Waals surface area contributed by atoms with Gasteiger partial charge < -0.3 is 10.4 Å². The van der Waals surface area contributed by atoms with Crippen molar-refractivity contribution in [3.05, 3.63) is 0 Å². The third-order valence-corrected chi connectivity index (χ3v) is 2.41. The maximum atomic E-state index is 10.6. The van der Waals surface area contributed by atoms with Crippen molar-refractivity contribution in [2.24, 2.45) is 0 Å². The zero-order chi connectivity index (χ0) is 9.23. The van der Waals surface area contributed by atoms with Crippen LogP contribution in [0.3, 0.4) is 0 Å². The zero-order valence-electron chi connectivity index (χ0n) is 7.71. The monoisotopic (exact) mass is 193 g/mol. The highest BCUT2D eigenvalue weighted by Crippen LogP contribution is 1.85. The first kappa shape index (κ1) is 12.1. The third-order valence-electron chi connectivity index (χ3n) is 1.55. The summed E-state index contributed by atoms with van der Waals surface area (Å²) < 4.78 is 10.6. The van der Waals surface area contributed by atoms with Gasteiger partial charge in [0.15, 0.2) is 0 Å². The molecule has 0 rings (SSSR count). The Bertz CT molecular complexity index is 120. The predicted octanol–water partition coefficient (Wildman–Crippen LogP) is 0.117. The van der Waals surface area contributed by atoms with E-state index in [4.69, 9.17) is 5.11 Å². The lowest BCUT2D eigenvalue weighted by Crippen LogP contribution is -2.18. The molecule has 0 bridgehead atoms. The van der Waals surface area contributed by atoms with Crippen LogP contribution < -0.4 is 5.32 Å². The molecule has 1 unspecified atom stereocenters. The third kappa shape index (κ3) is 10.1. The molecule has 0 aliphatic rings. The Morgan fingerprint density at radius 3 is 2.50 bits per heavy atom. The lowest BCUT2D eigenvalue weighted by molar-refractivity contribution is 0.284. The van der Waals surface area contributed by atoms with E-state index in [9.17, 15) is 4.21 Å². The Labute approximate surface area is 77.0 Å². The van der Waals surface area contributed by atoms with E-state index in [2.05, 4.69) is 5.32 Å². The van der Waals surface area contributed by atoms with E-state index in [-0.39, 0.29) is 6.61 Å². The molecule has 0 saturated carbocycles. The van der Waals surface area contributed by atoms with Gasteiger partial charge in [0, 0.05) is 29.4 Å². The Morgan fingerprint density at radius 1 is 1.25 bits per heavy atom. The second kappa shape index (κ2) is 9.16. The van der Waals surface area contributed by atoms with Crippen LogP contribution in [-0.2, 0) is 10.8 Å². The summed E-state index contributed by atoms with van der Waals surface area (Å²) >= 11 is 0. The fourth-order valence-electron chi connectivity index (χ4n) is 0.887. The van der Waals surface area contributed by atoms with Crippen LogP contribution in [0, 0.1) is 0 Å². The van der Waals surface area contributed by atoms with Gasteiger partial charge in [-0.3, -0.25) is 4.21 Å². The molecule has 0 spiro atoms. The van der Waals surface area contributed by atoms with Gasteiger partial charge in [0.05, 0.1) is 0 Å². The molecule has 0 saturated heterocycles. The number of nitrogens with one attached hydrogen (secondary N) is 1. The minimum Gasteiger partial charge on any atom is -0.396 e. The van der Waals surface area contributed by atoms with E-state index >= 15 is 0 Å². The number of hydrogen-bond donors (Lipinski definition) is 2. The van der Waals surface area contributed by atoms with Crippen LogP contribution in [0.25, 0.3) is 0 Å². The molecule has 0 fully saturated rings. The smallest absolute Gasteiger partial charge is 0.0431 e. The second-order valence-corrected chi connectivity index (χ2v) is 4.37. The van der Waals surface area contributed by atoms with Crippen LogP contribution in [0.4, 0.5) is 0 Å². The normalized spacial score (nSPS) is 13.2. The average Bonchev–Trinajstić information content (AvgIpc) is 2.02. The standard InChI is InChI=1S/C8H19NO2S/c1-12(11)8-4-6-9-5-2-3-7-10/h9-10H,2-8H2,1H3. The Hall–Kier alpha value is 0.0700. The lowest BCUT2D eigenvalue weighted by Gasteiger charge is -2.02. The van der Waals surface area contributed by atoms with Gasteiger partial charge in [0.1, 0.15) is 0 Å². The van der Waals surface area contributed by atoms with Crippen LogP contribution in [0.5, 0.6) is 0 Å². The van der Waals surface area contributed by atoms with Crippen LogP contribution in [0.15, 0.2) is 0 Å². The number of hydrogen-bond acceptors (Lipinski definition) is 3. The molecule has 0 aliphatic carbocycles. The zero-order valence-corrected chi connectivity index (χ0v) is 8.53. The van der Waals surface area contributed by atoms with Gasteiger partial charge in [-0.15, -0.1) is 0 Å². The molecule has 0 aliphatic heterocycles. The van der Waals surface area contributed by atoms with E-state index in [1.165, 1.54) is 0 Å². The lowest BCUT2D eigenvalue weighted by atomic mass is 10.3. The number of aliphatic hydroxyl groups excluding tert-OH is 1. The molecule has 0 heterocycles. The molecule has 4 heteroatoms. The van der Waals surface area contributed by atoms with Crippen molar-refractivity contribution in [3.8, 4) is 0 Å². The summed E-state index contributed by atoms with van der Waals surface area (Å²) in [6.45, 7) is 2.17. The molecular weight excluding hydrogens is 174 g/mol. The molecule has 0 radical (unpaired) electrons. The Balaban J connectivity index is 2.86. The van der Waals surface area contributed by atoms with Crippen molar-refractivity contribution >= 4 is 10.8 Å². The summed E-state index contributed by atoms with van der Waals surface area (Å²) in [5.74, 6) is 0.785. The van der Waals surface area contributed by atoms with Gasteiger partial charge in [0.2, 0.25) is 0 Å². The van der Waals surface area contributed by atoms with Crippen molar-refractivity contribution in [1.82, 2.24) is 5.32 Å². The van der Waals surface area contributed by atoms with Crippen LogP contribution >= 0.6 is 0 Å². The van der Waals surface area contributed by atoms with Crippen LogP contribution in [0.1, 0.15) is 19.3 Å². The Morgan fingerprint density at radius 2 is 1.92 bits per heavy atom. The maximum absolute atomic E-state index is 10.6. The van der Waals surface area contributed by atoms with Crippen molar-refractivity contribution in [3.63, 3.8) is 0 Å². The van der Waals surface area contributed by atoms with E-state index < -0.39 is 10.8 Å². The highest BCUT2D eigenvalue weighted by atomic mass is 32.2. The minimum absolute atomic E-state index is 0.278. The highest BCUT2D eigenvalue weighted by Gasteiger charge is 1.91. The summed E-state index contributed by atoms with van der Waals surface area (Å²) in [6, 6.07) is 0. The molecule has 0 aromatic carbocycles. The summed E-state index contributed by atoms with van der Waals surface area (Å²) in [7, 11) is -0.654. The fraction of sp³-hybridized carbons (Fsp3) is 1.00. The quantitative estimate of drug-likeness (QED) is 0.538. The van der Waals surface area contributed by atoms with Gasteiger partial charge in [0.25, 0.3) is 0 Å². The Kier molecular flexibility index (Phi) is 9.21. The van der Waals surface area contributed by atoms with E-state index in [0.717, 1.165) is 38.1 Å². The highest BCUT2D eigenvalue weighted by molar-refractivity contribution is 7.84. The van der Waals surface area contributed by atoms with Gasteiger partial charge in [-0.1, -0.05) is 0 Å². The predicted molar refractivity (Wildman–Crippen MR) is 52.7 cm³/mol. The van der Waals surface area contributed by atoms with E-state index in [1.54, 1.807) is 6.26 Å². The number of aliphatic hydroxyl groups is 1. The number of unbranched alkanes of at least 4 members (excludes halogenated alkanes) is 1. The molecule has 2 N–H and O–H groups in total. The first-order valence-electron chi connectivity index (χ1n) is 4.39. The first-order valence-corrected chi connectivity index (χ1v) is 6.11. The van der Waals surface area contributed by atoms with Crippen molar-refractivity contribution in [1.29, 1.82) is 0 Å². The van der Waals surface area contributed by atoms with Gasteiger partial charge in [-0.25, -0.2) is 0 Å². The first-order chi connectivity index (χ1) is 5.77. The van der Waals surface area contributed by atoms with Gasteiger partial charge in [-0.05, 0) is 32.4 Å². The maximum Gasteiger partial charge on any atom is 0.0431 e. The summed E-state index contributed by atoms with van der Waals surface area (Å²) in [6.07, 6.45) is 4.59. The van der Waals surface area contributed by atoms with Crippen LogP contribution in [-0.4, -0.2) is 41.0 Å². The van der Waals surface area contributed by atoms with E-state index in [0.29, 0.717) is 0 Å². The van der Waals surface area contributed by atoms with Gasteiger partial charge >= 0.3 is 0 Å². The summed E-state index contributed by atoms with van der Waals surface area (Å²) in [4.78, 5) is 0. The molecular formula is C8H19NO2S. The molecule has 0 aromatic rings. The fourth-order valence-corrected chi connectivity index (χ4v) is 1.44. The van der Waals surface area contributed by atoms with Crippen LogP contribution in [0.2, 0.25) is 0 Å². The minimum atomic E-state index is -0.654. The molecule has 3 nitrogen and oxygen atoms in total. The molecule has 0 aromatic heterocycles. The average molecular weight is 193 g/mol. The molecule has 0 amide bonds. The molecule has 74 valence electrons. The van der Waals surface area contributed by atoms with Crippen molar-refractivity contribution < 1.29 is 9.32 Å². The van der Waals surface area contributed by atoms with E-state index in [1.807, 2.05) is 0 Å². The van der Waals surface area contributed by atoms with Gasteiger partial charge in [-0.2, -0.15) is 0 Å². The van der Waals surface area contributed by atoms with Crippen molar-refractivity contribution in [2.45, 2.75) is 19.3 Å². The SMILES string of the molecule is CS(=O)CCCNCCCCO. The number of rotatable bonds is 8. The molecule has 1 atom stereocenters.